The number of anilines is 1. The van der Waals surface area contributed by atoms with E-state index in [1.807, 2.05) is 24.4 Å². The van der Waals surface area contributed by atoms with Gasteiger partial charge in [-0.05, 0) is 85.4 Å². The Labute approximate surface area is 192 Å². The van der Waals surface area contributed by atoms with Gasteiger partial charge in [-0.3, -0.25) is 9.78 Å². The van der Waals surface area contributed by atoms with Crippen LogP contribution in [0.4, 0.5) is 5.69 Å². The van der Waals surface area contributed by atoms with Crippen LogP contribution in [0.1, 0.15) is 43.6 Å². The van der Waals surface area contributed by atoms with Crippen molar-refractivity contribution in [3.63, 3.8) is 0 Å². The Morgan fingerprint density at radius 1 is 1.03 bits per heavy atom. The highest BCUT2D eigenvalue weighted by atomic mass is 35.5. The Morgan fingerprint density at radius 2 is 1.75 bits per heavy atom. The molecule has 1 atom stereocenters. The van der Waals surface area contributed by atoms with Crippen LogP contribution in [0.3, 0.4) is 0 Å². The van der Waals surface area contributed by atoms with Gasteiger partial charge in [-0.1, -0.05) is 11.6 Å². The number of halogens is 1. The number of benzene rings is 2. The van der Waals surface area contributed by atoms with Crippen LogP contribution in [0.15, 0.2) is 48.7 Å². The van der Waals surface area contributed by atoms with Crippen molar-refractivity contribution in [3.8, 4) is 11.5 Å². The van der Waals surface area contributed by atoms with Gasteiger partial charge in [0.1, 0.15) is 13.2 Å². The van der Waals surface area contributed by atoms with Crippen LogP contribution in [0.5, 0.6) is 11.5 Å². The molecular weight excluding hydrogens is 424 g/mol. The molecule has 1 amide bonds. The van der Waals surface area contributed by atoms with Gasteiger partial charge < -0.3 is 14.8 Å². The minimum atomic E-state index is 0.117. The van der Waals surface area contributed by atoms with Crippen LogP contribution >= 0.6 is 11.6 Å². The molecule has 0 saturated heterocycles. The first-order valence-corrected chi connectivity index (χ1v) is 11.7. The Morgan fingerprint density at radius 3 is 2.50 bits per heavy atom. The highest BCUT2D eigenvalue weighted by Gasteiger charge is 2.58. The number of pyridine rings is 1. The number of fused-ring (bicyclic) bond motifs is 2. The van der Waals surface area contributed by atoms with E-state index in [2.05, 4.69) is 22.4 Å². The standard InChI is InChI=1S/C26H25ClN2O3/c27-17-1-3-18(4-2-17)29-25(30)21-15-26(21)8-5-16(6-9-26)19-7-10-28-22-14-24-23(13-20(19)22)31-11-12-32-24/h1-4,7,10,13-14,16,21H,5-6,8-9,11-12,15H2,(H,29,30). The zero-order valence-corrected chi connectivity index (χ0v) is 18.5. The first-order chi connectivity index (χ1) is 15.6. The number of hydrogen-bond donors (Lipinski definition) is 1. The average Bonchev–Trinajstić information content (AvgIpc) is 3.52. The normalized spacial score (nSPS) is 26.2. The van der Waals surface area contributed by atoms with Crippen molar-refractivity contribution in [3.05, 3.63) is 59.2 Å². The first kappa shape index (κ1) is 19.9. The molecule has 5 nitrogen and oxygen atoms in total. The lowest BCUT2D eigenvalue weighted by Crippen LogP contribution is -2.22. The maximum Gasteiger partial charge on any atom is 0.228 e. The van der Waals surface area contributed by atoms with E-state index in [1.54, 1.807) is 12.1 Å². The molecule has 6 rings (SSSR count). The van der Waals surface area contributed by atoms with Crippen molar-refractivity contribution in [1.29, 1.82) is 0 Å². The quantitative estimate of drug-likeness (QED) is 0.536. The molecule has 2 fully saturated rings. The molecule has 0 radical (unpaired) electrons. The maximum absolute atomic E-state index is 12.8. The number of carbonyl (C=O) groups excluding carboxylic acids is 1. The van der Waals surface area contributed by atoms with Gasteiger partial charge in [-0.2, -0.15) is 0 Å². The molecule has 1 spiro atoms. The second-order valence-corrected chi connectivity index (χ2v) is 9.74. The molecule has 2 aliphatic carbocycles. The van der Waals surface area contributed by atoms with Gasteiger partial charge in [-0.25, -0.2) is 0 Å². The van der Waals surface area contributed by atoms with Crippen LogP contribution in [0.25, 0.3) is 10.9 Å². The number of amides is 1. The van der Waals surface area contributed by atoms with E-state index in [4.69, 9.17) is 21.1 Å². The number of nitrogens with one attached hydrogen (secondary N) is 1. The molecule has 0 bridgehead atoms. The molecule has 2 heterocycles. The maximum atomic E-state index is 12.8. The van der Waals surface area contributed by atoms with Crippen LogP contribution in [-0.4, -0.2) is 24.1 Å². The summed E-state index contributed by atoms with van der Waals surface area (Å²) < 4.78 is 11.5. The number of aromatic nitrogens is 1. The molecule has 1 N–H and O–H groups in total. The van der Waals surface area contributed by atoms with Crippen molar-refractivity contribution in [2.24, 2.45) is 11.3 Å². The fourth-order valence-corrected chi connectivity index (χ4v) is 5.72. The molecule has 3 aliphatic rings. The summed E-state index contributed by atoms with van der Waals surface area (Å²) in [6.45, 7) is 1.16. The molecule has 2 aromatic carbocycles. The highest BCUT2D eigenvalue weighted by Crippen LogP contribution is 2.63. The van der Waals surface area contributed by atoms with Gasteiger partial charge in [0.15, 0.2) is 11.5 Å². The molecular formula is C26H25ClN2O3. The lowest BCUT2D eigenvalue weighted by Gasteiger charge is -2.30. The van der Waals surface area contributed by atoms with E-state index in [1.165, 1.54) is 5.56 Å². The fraction of sp³-hybridized carbons (Fsp3) is 0.385. The Kier molecular flexibility index (Phi) is 4.76. The lowest BCUT2D eigenvalue weighted by molar-refractivity contribution is -0.118. The second kappa shape index (κ2) is 7.66. The van der Waals surface area contributed by atoms with Crippen molar-refractivity contribution in [2.75, 3.05) is 18.5 Å². The van der Waals surface area contributed by atoms with Gasteiger partial charge in [0, 0.05) is 34.3 Å². The third kappa shape index (κ3) is 3.49. The molecule has 2 saturated carbocycles. The summed E-state index contributed by atoms with van der Waals surface area (Å²) >= 11 is 5.95. The fourth-order valence-electron chi connectivity index (χ4n) is 5.60. The number of carbonyl (C=O) groups is 1. The van der Waals surface area contributed by atoms with Gasteiger partial charge in [-0.15, -0.1) is 0 Å². The number of nitrogens with zero attached hydrogens (tertiary/aromatic N) is 1. The van der Waals surface area contributed by atoms with Crippen LogP contribution < -0.4 is 14.8 Å². The van der Waals surface area contributed by atoms with E-state index in [0.29, 0.717) is 24.2 Å². The molecule has 1 aliphatic heterocycles. The second-order valence-electron chi connectivity index (χ2n) is 9.30. The lowest BCUT2D eigenvalue weighted by atomic mass is 9.75. The van der Waals surface area contributed by atoms with E-state index < -0.39 is 0 Å². The minimum absolute atomic E-state index is 0.117. The summed E-state index contributed by atoms with van der Waals surface area (Å²) in [5.41, 5.74) is 3.28. The van der Waals surface area contributed by atoms with Crippen LogP contribution in [0.2, 0.25) is 5.02 Å². The largest absolute Gasteiger partial charge is 0.486 e. The SMILES string of the molecule is O=C(Nc1ccc(Cl)cc1)C1CC12CCC(c1ccnc3cc4c(cc13)OCCO4)CC2. The molecule has 1 aromatic heterocycles. The smallest absolute Gasteiger partial charge is 0.228 e. The topological polar surface area (TPSA) is 60.5 Å². The van der Waals surface area contributed by atoms with Gasteiger partial charge in [0.25, 0.3) is 0 Å². The molecule has 3 aromatic rings. The predicted octanol–water partition coefficient (Wildman–Crippen LogP) is 5.96. The highest BCUT2D eigenvalue weighted by molar-refractivity contribution is 6.30. The number of rotatable bonds is 3. The summed E-state index contributed by atoms with van der Waals surface area (Å²) in [7, 11) is 0. The van der Waals surface area contributed by atoms with E-state index in [-0.39, 0.29) is 17.2 Å². The summed E-state index contributed by atoms with van der Waals surface area (Å²) in [5.74, 6) is 2.33. The zero-order chi connectivity index (χ0) is 21.7. The molecule has 6 heteroatoms. The third-order valence-corrected chi connectivity index (χ3v) is 7.73. The van der Waals surface area contributed by atoms with E-state index in [9.17, 15) is 4.79 Å². The molecule has 32 heavy (non-hydrogen) atoms. The summed E-state index contributed by atoms with van der Waals surface area (Å²) in [6, 6.07) is 13.6. The minimum Gasteiger partial charge on any atom is -0.486 e. The van der Waals surface area contributed by atoms with Gasteiger partial charge in [0.2, 0.25) is 5.91 Å². The Bertz CT molecular complexity index is 1190. The predicted molar refractivity (Wildman–Crippen MR) is 125 cm³/mol. The van der Waals surface area contributed by atoms with Crippen molar-refractivity contribution >= 4 is 34.1 Å². The van der Waals surface area contributed by atoms with Crippen molar-refractivity contribution in [1.82, 2.24) is 4.98 Å². The monoisotopic (exact) mass is 448 g/mol. The average molecular weight is 449 g/mol. The number of ether oxygens (including phenoxy) is 2. The zero-order valence-electron chi connectivity index (χ0n) is 17.8. The van der Waals surface area contributed by atoms with Gasteiger partial charge >= 0.3 is 0 Å². The Hall–Kier alpha value is -2.79. The summed E-state index contributed by atoms with van der Waals surface area (Å²) in [6.07, 6.45) is 7.26. The van der Waals surface area contributed by atoms with E-state index in [0.717, 1.165) is 60.2 Å². The van der Waals surface area contributed by atoms with Gasteiger partial charge in [0.05, 0.1) is 5.52 Å². The van der Waals surface area contributed by atoms with Crippen molar-refractivity contribution < 1.29 is 14.3 Å². The summed E-state index contributed by atoms with van der Waals surface area (Å²) in [5, 5.41) is 4.90. The van der Waals surface area contributed by atoms with E-state index >= 15 is 0 Å². The Balaban J connectivity index is 1.16. The van der Waals surface area contributed by atoms with Crippen LogP contribution in [-0.2, 0) is 4.79 Å². The summed E-state index contributed by atoms with van der Waals surface area (Å²) in [4.78, 5) is 17.4. The molecule has 1 unspecified atom stereocenters. The number of hydrogen-bond acceptors (Lipinski definition) is 4. The van der Waals surface area contributed by atoms with Crippen LogP contribution in [0, 0.1) is 11.3 Å². The third-order valence-electron chi connectivity index (χ3n) is 7.48. The first-order valence-electron chi connectivity index (χ1n) is 11.4. The van der Waals surface area contributed by atoms with Crippen molar-refractivity contribution in [2.45, 2.75) is 38.0 Å². The molecule has 164 valence electrons.